The zero-order valence-corrected chi connectivity index (χ0v) is 11.2. The molecule has 1 atom stereocenters. The van der Waals surface area contributed by atoms with Gasteiger partial charge in [-0.1, -0.05) is 30.3 Å². The number of methoxy groups -OCH3 is 2. The molecule has 0 radical (unpaired) electrons. The van der Waals surface area contributed by atoms with Gasteiger partial charge in [0, 0.05) is 12.3 Å². The maximum absolute atomic E-state index is 11.9. The van der Waals surface area contributed by atoms with Crippen LogP contribution in [0.4, 0.5) is 5.95 Å². The van der Waals surface area contributed by atoms with Crippen LogP contribution in [0.1, 0.15) is 11.6 Å². The van der Waals surface area contributed by atoms with Crippen LogP contribution in [0, 0.1) is 0 Å². The van der Waals surface area contributed by atoms with Crippen molar-refractivity contribution in [3.63, 3.8) is 0 Å². The van der Waals surface area contributed by atoms with Gasteiger partial charge in [0.2, 0.25) is 11.8 Å². The van der Waals surface area contributed by atoms with E-state index in [4.69, 9.17) is 9.47 Å². The van der Waals surface area contributed by atoms with Gasteiger partial charge in [-0.25, -0.2) is 9.78 Å². The number of esters is 1. The summed E-state index contributed by atoms with van der Waals surface area (Å²) >= 11 is 0. The van der Waals surface area contributed by atoms with Gasteiger partial charge in [0.05, 0.1) is 14.2 Å². The van der Waals surface area contributed by atoms with E-state index in [-0.39, 0.29) is 0 Å². The number of aromatic nitrogens is 2. The number of rotatable bonds is 5. The minimum Gasteiger partial charge on any atom is -0.481 e. The van der Waals surface area contributed by atoms with Gasteiger partial charge in [-0.05, 0) is 5.56 Å². The van der Waals surface area contributed by atoms with Gasteiger partial charge in [0.25, 0.3) is 0 Å². The second-order valence-electron chi connectivity index (χ2n) is 3.93. The molecule has 1 heterocycles. The number of benzene rings is 1. The quantitative estimate of drug-likeness (QED) is 0.838. The van der Waals surface area contributed by atoms with Crippen LogP contribution in [0.3, 0.4) is 0 Å². The van der Waals surface area contributed by atoms with Crippen LogP contribution in [-0.4, -0.2) is 30.2 Å². The lowest BCUT2D eigenvalue weighted by Crippen LogP contribution is -2.23. The molecule has 6 heteroatoms. The molecule has 104 valence electrons. The number of hydrogen-bond donors (Lipinski definition) is 1. The third kappa shape index (κ3) is 3.23. The molecule has 0 spiro atoms. The number of ether oxygens (including phenoxy) is 2. The van der Waals surface area contributed by atoms with Gasteiger partial charge in [-0.15, -0.1) is 0 Å². The van der Waals surface area contributed by atoms with Crippen molar-refractivity contribution in [2.75, 3.05) is 19.5 Å². The number of carbonyl (C=O) groups excluding carboxylic acids is 1. The Morgan fingerprint density at radius 2 is 1.95 bits per heavy atom. The van der Waals surface area contributed by atoms with E-state index in [0.717, 1.165) is 5.56 Å². The first-order valence-corrected chi connectivity index (χ1v) is 6.01. The van der Waals surface area contributed by atoms with Crippen molar-refractivity contribution in [1.82, 2.24) is 9.97 Å². The Morgan fingerprint density at radius 3 is 2.60 bits per heavy atom. The predicted octanol–water partition coefficient (Wildman–Crippen LogP) is 1.81. The van der Waals surface area contributed by atoms with Crippen LogP contribution < -0.4 is 10.1 Å². The van der Waals surface area contributed by atoms with Crippen molar-refractivity contribution in [1.29, 1.82) is 0 Å². The summed E-state index contributed by atoms with van der Waals surface area (Å²) < 4.78 is 9.83. The van der Waals surface area contributed by atoms with Crippen molar-refractivity contribution in [3.05, 3.63) is 48.2 Å². The van der Waals surface area contributed by atoms with Crippen LogP contribution in [0.2, 0.25) is 0 Å². The van der Waals surface area contributed by atoms with E-state index in [1.54, 1.807) is 12.3 Å². The molecule has 0 saturated carbocycles. The number of nitrogens with zero attached hydrogens (tertiary/aromatic N) is 2. The highest BCUT2D eigenvalue weighted by atomic mass is 16.5. The monoisotopic (exact) mass is 273 g/mol. The smallest absolute Gasteiger partial charge is 0.333 e. The van der Waals surface area contributed by atoms with E-state index in [1.165, 1.54) is 14.2 Å². The molecule has 0 aliphatic rings. The van der Waals surface area contributed by atoms with Gasteiger partial charge in [-0.3, -0.25) is 0 Å². The van der Waals surface area contributed by atoms with Crippen LogP contribution in [-0.2, 0) is 9.53 Å². The summed E-state index contributed by atoms with van der Waals surface area (Å²) in [7, 11) is 2.85. The minimum atomic E-state index is -0.673. The van der Waals surface area contributed by atoms with Crippen molar-refractivity contribution in [3.8, 4) is 5.88 Å². The Balaban J connectivity index is 2.26. The molecule has 0 bridgehead atoms. The lowest BCUT2D eigenvalue weighted by atomic mass is 10.1. The summed E-state index contributed by atoms with van der Waals surface area (Å²) in [6, 6.07) is 10.2. The van der Waals surface area contributed by atoms with Gasteiger partial charge >= 0.3 is 5.97 Å². The fourth-order valence-electron chi connectivity index (χ4n) is 1.70. The molecule has 2 aromatic rings. The molecule has 1 N–H and O–H groups in total. The van der Waals surface area contributed by atoms with Gasteiger partial charge in [0.15, 0.2) is 6.04 Å². The molecule has 1 aromatic carbocycles. The summed E-state index contributed by atoms with van der Waals surface area (Å²) in [4.78, 5) is 20.1. The highest BCUT2D eigenvalue weighted by Crippen LogP contribution is 2.19. The molecule has 6 nitrogen and oxygen atoms in total. The van der Waals surface area contributed by atoms with E-state index in [2.05, 4.69) is 15.3 Å². The van der Waals surface area contributed by atoms with Gasteiger partial charge < -0.3 is 14.8 Å². The molecule has 0 aliphatic carbocycles. The van der Waals surface area contributed by atoms with E-state index in [0.29, 0.717) is 11.8 Å². The maximum Gasteiger partial charge on any atom is 0.333 e. The predicted molar refractivity (Wildman–Crippen MR) is 73.4 cm³/mol. The fraction of sp³-hybridized carbons (Fsp3) is 0.214. The van der Waals surface area contributed by atoms with E-state index >= 15 is 0 Å². The Kier molecular flexibility index (Phi) is 4.49. The van der Waals surface area contributed by atoms with Crippen molar-refractivity contribution >= 4 is 11.9 Å². The number of hydrogen-bond acceptors (Lipinski definition) is 6. The largest absolute Gasteiger partial charge is 0.481 e. The third-order valence-electron chi connectivity index (χ3n) is 2.68. The molecule has 0 aliphatic heterocycles. The van der Waals surface area contributed by atoms with Crippen molar-refractivity contribution in [2.24, 2.45) is 0 Å². The second-order valence-corrected chi connectivity index (χ2v) is 3.93. The standard InChI is InChI=1S/C14H15N3O3/c1-19-11-8-9-15-14(16-11)17-12(13(18)20-2)10-6-4-3-5-7-10/h3-9,12H,1-2H3,(H,15,16,17). The van der Waals surface area contributed by atoms with E-state index in [1.807, 2.05) is 30.3 Å². The van der Waals surface area contributed by atoms with Crippen LogP contribution in [0.15, 0.2) is 42.6 Å². The van der Waals surface area contributed by atoms with Gasteiger partial charge in [0.1, 0.15) is 0 Å². The number of carbonyl (C=O) groups is 1. The fourth-order valence-corrected chi connectivity index (χ4v) is 1.70. The topological polar surface area (TPSA) is 73.3 Å². The zero-order valence-electron chi connectivity index (χ0n) is 11.2. The van der Waals surface area contributed by atoms with E-state index < -0.39 is 12.0 Å². The Morgan fingerprint density at radius 1 is 1.20 bits per heavy atom. The molecule has 0 fully saturated rings. The molecular formula is C14H15N3O3. The summed E-state index contributed by atoms with van der Waals surface area (Å²) in [5.41, 5.74) is 0.769. The average Bonchev–Trinajstić information content (AvgIpc) is 2.53. The number of nitrogens with one attached hydrogen (secondary N) is 1. The second kappa shape index (κ2) is 6.51. The molecule has 0 amide bonds. The Labute approximate surface area is 116 Å². The first-order chi connectivity index (χ1) is 9.74. The van der Waals surface area contributed by atoms with E-state index in [9.17, 15) is 4.79 Å². The maximum atomic E-state index is 11.9. The van der Waals surface area contributed by atoms with Crippen molar-refractivity contribution in [2.45, 2.75) is 6.04 Å². The lowest BCUT2D eigenvalue weighted by molar-refractivity contribution is -0.141. The highest BCUT2D eigenvalue weighted by Gasteiger charge is 2.22. The summed E-state index contributed by atoms with van der Waals surface area (Å²) in [6.07, 6.45) is 1.55. The number of anilines is 1. The first kappa shape index (κ1) is 13.8. The van der Waals surface area contributed by atoms with Crippen LogP contribution in [0.25, 0.3) is 0 Å². The molecule has 1 unspecified atom stereocenters. The molecular weight excluding hydrogens is 258 g/mol. The zero-order chi connectivity index (χ0) is 14.4. The van der Waals surface area contributed by atoms with Gasteiger partial charge in [-0.2, -0.15) is 4.98 Å². The third-order valence-corrected chi connectivity index (χ3v) is 2.68. The van der Waals surface area contributed by atoms with Crippen molar-refractivity contribution < 1.29 is 14.3 Å². The summed E-state index contributed by atoms with van der Waals surface area (Å²) in [6.45, 7) is 0. The lowest BCUT2D eigenvalue weighted by Gasteiger charge is -2.16. The van der Waals surface area contributed by atoms with Crippen LogP contribution >= 0.6 is 0 Å². The van der Waals surface area contributed by atoms with Crippen LogP contribution in [0.5, 0.6) is 5.88 Å². The first-order valence-electron chi connectivity index (χ1n) is 6.01. The molecule has 0 saturated heterocycles. The summed E-state index contributed by atoms with van der Waals surface area (Å²) in [5, 5.41) is 2.94. The SMILES string of the molecule is COC(=O)C(Nc1nccc(OC)n1)c1ccccc1. The molecule has 2 rings (SSSR count). The Bertz CT molecular complexity index is 575. The highest BCUT2D eigenvalue weighted by molar-refractivity contribution is 5.80. The summed E-state index contributed by atoms with van der Waals surface area (Å²) in [5.74, 6) is 0.297. The molecule has 20 heavy (non-hydrogen) atoms. The molecule has 1 aromatic heterocycles. The average molecular weight is 273 g/mol. The minimum absolute atomic E-state index is 0.295. The normalized spacial score (nSPS) is 11.5. The Hall–Kier alpha value is -2.63.